The fraction of sp³-hybridized carbons (Fsp3) is 0.125. The van der Waals surface area contributed by atoms with Crippen molar-refractivity contribution in [1.82, 2.24) is 10.1 Å². The quantitative estimate of drug-likeness (QED) is 0.744. The largest absolute Gasteiger partial charge is 0.497 e. The van der Waals surface area contributed by atoms with Crippen molar-refractivity contribution in [3.63, 3.8) is 0 Å². The van der Waals surface area contributed by atoms with Gasteiger partial charge in [0.15, 0.2) is 0 Å². The molecule has 0 saturated heterocycles. The Balaban J connectivity index is 1.76. The summed E-state index contributed by atoms with van der Waals surface area (Å²) in [4.78, 5) is 4.40. The summed E-state index contributed by atoms with van der Waals surface area (Å²) in [6, 6.07) is 15.1. The highest BCUT2D eigenvalue weighted by Gasteiger charge is 2.09. The first-order valence-corrected chi connectivity index (χ1v) is 6.56. The highest BCUT2D eigenvalue weighted by molar-refractivity contribution is 5.58. The van der Waals surface area contributed by atoms with Crippen LogP contribution in [0.3, 0.4) is 0 Å². The molecule has 5 nitrogen and oxygen atoms in total. The number of nitrogens with zero attached hydrogens (tertiary/aromatic N) is 2. The Morgan fingerprint density at radius 2 is 1.76 bits per heavy atom. The number of rotatable bonds is 4. The molecule has 21 heavy (non-hydrogen) atoms. The number of nitrogen functional groups attached to an aromatic ring is 1. The van der Waals surface area contributed by atoms with Crippen molar-refractivity contribution in [2.45, 2.75) is 6.42 Å². The van der Waals surface area contributed by atoms with Gasteiger partial charge in [-0.15, -0.1) is 0 Å². The standard InChI is InChI=1S/C16H15N3O2/c1-20-14-8-2-11(3-9-14)10-15-18-16(19-21-15)12-4-6-13(17)7-5-12/h2-9H,10,17H2,1H3. The van der Waals surface area contributed by atoms with Gasteiger partial charge in [0.05, 0.1) is 13.5 Å². The summed E-state index contributed by atoms with van der Waals surface area (Å²) in [5, 5.41) is 3.99. The Kier molecular flexibility index (Phi) is 3.55. The molecule has 3 aromatic rings. The van der Waals surface area contributed by atoms with Crippen LogP contribution in [0.1, 0.15) is 11.5 Å². The van der Waals surface area contributed by atoms with Crippen molar-refractivity contribution in [1.29, 1.82) is 0 Å². The first-order valence-electron chi connectivity index (χ1n) is 6.56. The van der Waals surface area contributed by atoms with E-state index in [9.17, 15) is 0 Å². The fourth-order valence-electron chi connectivity index (χ4n) is 1.99. The van der Waals surface area contributed by atoms with E-state index < -0.39 is 0 Å². The van der Waals surface area contributed by atoms with Crippen LogP contribution in [0.4, 0.5) is 5.69 Å². The molecule has 0 bridgehead atoms. The normalized spacial score (nSPS) is 10.5. The molecule has 5 heteroatoms. The molecule has 0 aliphatic heterocycles. The molecular formula is C16H15N3O2. The lowest BCUT2D eigenvalue weighted by atomic mass is 10.1. The highest BCUT2D eigenvalue weighted by Crippen LogP contribution is 2.19. The summed E-state index contributed by atoms with van der Waals surface area (Å²) in [7, 11) is 1.64. The van der Waals surface area contributed by atoms with Gasteiger partial charge in [0, 0.05) is 11.3 Å². The number of anilines is 1. The lowest BCUT2D eigenvalue weighted by Gasteiger charge is -2.00. The van der Waals surface area contributed by atoms with Crippen LogP contribution in [0.2, 0.25) is 0 Å². The van der Waals surface area contributed by atoms with Gasteiger partial charge in [-0.3, -0.25) is 0 Å². The Morgan fingerprint density at radius 3 is 2.43 bits per heavy atom. The molecule has 1 aromatic heterocycles. The van der Waals surface area contributed by atoms with Gasteiger partial charge in [-0.1, -0.05) is 17.3 Å². The van der Waals surface area contributed by atoms with Crippen molar-refractivity contribution in [2.75, 3.05) is 12.8 Å². The van der Waals surface area contributed by atoms with Crippen molar-refractivity contribution in [3.05, 3.63) is 60.0 Å². The van der Waals surface area contributed by atoms with Crippen molar-refractivity contribution < 1.29 is 9.26 Å². The summed E-state index contributed by atoms with van der Waals surface area (Å²) in [6.45, 7) is 0. The summed E-state index contributed by atoms with van der Waals surface area (Å²) in [5.74, 6) is 1.97. The van der Waals surface area contributed by atoms with Gasteiger partial charge in [0.2, 0.25) is 11.7 Å². The van der Waals surface area contributed by atoms with Crippen molar-refractivity contribution >= 4 is 5.69 Å². The molecular weight excluding hydrogens is 266 g/mol. The third kappa shape index (κ3) is 3.02. The zero-order chi connectivity index (χ0) is 14.7. The van der Waals surface area contributed by atoms with E-state index in [0.717, 1.165) is 16.9 Å². The number of benzene rings is 2. The molecule has 0 radical (unpaired) electrons. The van der Waals surface area contributed by atoms with E-state index >= 15 is 0 Å². The zero-order valence-electron chi connectivity index (χ0n) is 11.6. The lowest BCUT2D eigenvalue weighted by Crippen LogP contribution is -1.90. The second-order valence-corrected chi connectivity index (χ2v) is 4.66. The molecule has 2 aromatic carbocycles. The number of ether oxygens (including phenoxy) is 1. The molecule has 3 rings (SSSR count). The maximum Gasteiger partial charge on any atom is 0.231 e. The maximum absolute atomic E-state index is 5.66. The summed E-state index contributed by atoms with van der Waals surface area (Å²) in [6.07, 6.45) is 0.589. The molecule has 0 amide bonds. The Morgan fingerprint density at radius 1 is 1.05 bits per heavy atom. The minimum atomic E-state index is 0.568. The number of aromatic nitrogens is 2. The van der Waals surface area contributed by atoms with Gasteiger partial charge in [0.25, 0.3) is 0 Å². The predicted octanol–water partition coefficient (Wildman–Crippen LogP) is 2.92. The summed E-state index contributed by atoms with van der Waals surface area (Å²) >= 11 is 0. The average Bonchev–Trinajstić information content (AvgIpc) is 2.97. The Labute approximate surface area is 122 Å². The van der Waals surface area contributed by atoms with Gasteiger partial charge >= 0.3 is 0 Å². The van der Waals surface area contributed by atoms with E-state index in [2.05, 4.69) is 10.1 Å². The van der Waals surface area contributed by atoms with E-state index in [1.54, 1.807) is 7.11 Å². The van der Waals surface area contributed by atoms with Gasteiger partial charge in [-0.2, -0.15) is 4.98 Å². The smallest absolute Gasteiger partial charge is 0.231 e. The van der Waals surface area contributed by atoms with Gasteiger partial charge in [-0.25, -0.2) is 0 Å². The zero-order valence-corrected chi connectivity index (χ0v) is 11.6. The van der Waals surface area contributed by atoms with Crippen LogP contribution in [0, 0.1) is 0 Å². The number of nitrogens with two attached hydrogens (primary N) is 1. The van der Waals surface area contributed by atoms with Gasteiger partial charge < -0.3 is 15.0 Å². The van der Waals surface area contributed by atoms with Crippen LogP contribution in [0.25, 0.3) is 11.4 Å². The molecule has 0 atom stereocenters. The van der Waals surface area contributed by atoms with Crippen LogP contribution < -0.4 is 10.5 Å². The van der Waals surface area contributed by atoms with Crippen molar-refractivity contribution in [3.8, 4) is 17.1 Å². The minimum Gasteiger partial charge on any atom is -0.497 e. The third-order valence-corrected chi connectivity index (χ3v) is 3.15. The molecule has 0 aliphatic rings. The Hall–Kier alpha value is -2.82. The second kappa shape index (κ2) is 5.66. The molecule has 0 saturated carbocycles. The average molecular weight is 281 g/mol. The SMILES string of the molecule is COc1ccc(Cc2nc(-c3ccc(N)cc3)no2)cc1. The molecule has 0 aliphatic carbocycles. The second-order valence-electron chi connectivity index (χ2n) is 4.66. The molecule has 0 fully saturated rings. The van der Waals surface area contributed by atoms with E-state index in [1.807, 2.05) is 48.5 Å². The molecule has 1 heterocycles. The summed E-state index contributed by atoms with van der Waals surface area (Å²) in [5.41, 5.74) is 8.34. The lowest BCUT2D eigenvalue weighted by molar-refractivity contribution is 0.385. The minimum absolute atomic E-state index is 0.568. The number of hydrogen-bond acceptors (Lipinski definition) is 5. The first kappa shape index (κ1) is 13.2. The van der Waals surface area contributed by atoms with E-state index in [4.69, 9.17) is 15.0 Å². The molecule has 0 spiro atoms. The van der Waals surface area contributed by atoms with Crippen molar-refractivity contribution in [2.24, 2.45) is 0 Å². The van der Waals surface area contributed by atoms with Gasteiger partial charge in [-0.05, 0) is 42.0 Å². The van der Waals surface area contributed by atoms with Gasteiger partial charge in [0.1, 0.15) is 5.75 Å². The van der Waals surface area contributed by atoms with E-state index in [-0.39, 0.29) is 0 Å². The van der Waals surface area contributed by atoms with Crippen LogP contribution in [0.15, 0.2) is 53.1 Å². The van der Waals surface area contributed by atoms with Crippen LogP contribution in [-0.2, 0) is 6.42 Å². The van der Waals surface area contributed by atoms with Crippen LogP contribution >= 0.6 is 0 Å². The van der Waals surface area contributed by atoms with Crippen LogP contribution in [-0.4, -0.2) is 17.3 Å². The predicted molar refractivity (Wildman–Crippen MR) is 79.9 cm³/mol. The van der Waals surface area contributed by atoms with E-state index in [0.29, 0.717) is 23.8 Å². The third-order valence-electron chi connectivity index (χ3n) is 3.15. The van der Waals surface area contributed by atoms with E-state index in [1.165, 1.54) is 0 Å². The highest BCUT2D eigenvalue weighted by atomic mass is 16.5. The Bertz CT molecular complexity index is 718. The fourth-order valence-corrected chi connectivity index (χ4v) is 1.99. The molecule has 2 N–H and O–H groups in total. The maximum atomic E-state index is 5.66. The van der Waals surface area contributed by atoms with Crippen LogP contribution in [0.5, 0.6) is 5.75 Å². The monoisotopic (exact) mass is 281 g/mol. The number of methoxy groups -OCH3 is 1. The summed E-state index contributed by atoms with van der Waals surface area (Å²) < 4.78 is 10.4. The topological polar surface area (TPSA) is 74.2 Å². The number of hydrogen-bond donors (Lipinski definition) is 1. The molecule has 0 unspecified atom stereocenters. The molecule has 106 valence electrons. The first-order chi connectivity index (χ1) is 10.2.